The van der Waals surface area contributed by atoms with Gasteiger partial charge in [-0.2, -0.15) is 0 Å². The van der Waals surface area contributed by atoms with Gasteiger partial charge in [-0.25, -0.2) is 0 Å². The molecule has 0 saturated heterocycles. The summed E-state index contributed by atoms with van der Waals surface area (Å²) in [6, 6.07) is 13.5. The van der Waals surface area contributed by atoms with Gasteiger partial charge in [0.25, 0.3) is 0 Å². The smallest absolute Gasteiger partial charge is 0.232 e. The number of rotatable bonds is 2. The molecular weight excluding hydrogens is 264 g/mol. The van der Waals surface area contributed by atoms with Crippen molar-refractivity contribution in [1.82, 2.24) is 0 Å². The van der Waals surface area contributed by atoms with E-state index in [4.69, 9.17) is 16.0 Å². The monoisotopic (exact) mass is 272 g/mol. The molecule has 0 aliphatic rings. The Morgan fingerprint density at radius 3 is 2.58 bits per heavy atom. The summed E-state index contributed by atoms with van der Waals surface area (Å²) >= 11 is 5.85. The first-order valence-corrected chi connectivity index (χ1v) is 6.05. The molecule has 2 aromatic carbocycles. The summed E-state index contributed by atoms with van der Waals surface area (Å²) in [4.78, 5) is 12.2. The number of ketones is 1. The van der Waals surface area contributed by atoms with Crippen molar-refractivity contribution in [3.05, 3.63) is 64.9 Å². The summed E-state index contributed by atoms with van der Waals surface area (Å²) < 4.78 is 5.41. The predicted molar refractivity (Wildman–Crippen MR) is 72.8 cm³/mol. The maximum Gasteiger partial charge on any atom is 0.232 e. The van der Waals surface area contributed by atoms with Crippen LogP contribution in [0.4, 0.5) is 0 Å². The second kappa shape index (κ2) is 4.44. The van der Waals surface area contributed by atoms with Crippen LogP contribution < -0.4 is 0 Å². The summed E-state index contributed by atoms with van der Waals surface area (Å²) in [5.41, 5.74) is 0.854. The number of hydrogen-bond acceptors (Lipinski definition) is 3. The Hall–Kier alpha value is -2.26. The normalized spacial score (nSPS) is 10.8. The Morgan fingerprint density at radius 1 is 1.11 bits per heavy atom. The number of fused-ring (bicyclic) bond motifs is 1. The Morgan fingerprint density at radius 2 is 1.84 bits per heavy atom. The second-order valence-electron chi connectivity index (χ2n) is 4.12. The van der Waals surface area contributed by atoms with Gasteiger partial charge >= 0.3 is 0 Å². The largest absolute Gasteiger partial charge is 0.504 e. The zero-order valence-corrected chi connectivity index (χ0v) is 10.5. The first-order valence-electron chi connectivity index (χ1n) is 5.67. The second-order valence-corrected chi connectivity index (χ2v) is 4.55. The van der Waals surface area contributed by atoms with Crippen molar-refractivity contribution in [2.45, 2.75) is 0 Å². The third-order valence-electron chi connectivity index (χ3n) is 2.87. The molecule has 3 nitrogen and oxygen atoms in total. The molecule has 0 aliphatic heterocycles. The summed E-state index contributed by atoms with van der Waals surface area (Å²) in [5, 5.41) is 11.0. The van der Waals surface area contributed by atoms with Crippen LogP contribution in [0.25, 0.3) is 11.0 Å². The van der Waals surface area contributed by atoms with Crippen molar-refractivity contribution in [3.63, 3.8) is 0 Å². The molecule has 0 amide bonds. The highest BCUT2D eigenvalue weighted by atomic mass is 35.5. The topological polar surface area (TPSA) is 50.4 Å². The van der Waals surface area contributed by atoms with Gasteiger partial charge in [0.2, 0.25) is 11.5 Å². The lowest BCUT2D eigenvalue weighted by Gasteiger charge is -1.97. The maximum atomic E-state index is 12.2. The summed E-state index contributed by atoms with van der Waals surface area (Å²) in [5.74, 6) is -0.575. The molecular formula is C15H9ClO3. The predicted octanol–water partition coefficient (Wildman–Crippen LogP) is 4.02. The van der Waals surface area contributed by atoms with Gasteiger partial charge in [-0.1, -0.05) is 41.9 Å². The van der Waals surface area contributed by atoms with Gasteiger partial charge in [0, 0.05) is 16.7 Å². The first-order chi connectivity index (χ1) is 9.16. The van der Waals surface area contributed by atoms with Crippen molar-refractivity contribution in [2.24, 2.45) is 0 Å². The van der Waals surface area contributed by atoms with E-state index in [2.05, 4.69) is 0 Å². The highest BCUT2D eigenvalue weighted by molar-refractivity contribution is 6.31. The van der Waals surface area contributed by atoms with E-state index in [0.717, 1.165) is 0 Å². The van der Waals surface area contributed by atoms with Crippen LogP contribution in [0.2, 0.25) is 5.02 Å². The van der Waals surface area contributed by atoms with E-state index < -0.39 is 0 Å². The number of benzene rings is 2. The molecule has 0 bridgehead atoms. The van der Waals surface area contributed by atoms with Crippen LogP contribution in [0.1, 0.15) is 16.1 Å². The molecule has 94 valence electrons. The standard InChI is InChI=1S/C15H9ClO3/c16-10-6-7-11-12(8-10)19-15(14(11)18)13(17)9-4-2-1-3-5-9/h1-8,18H. The van der Waals surface area contributed by atoms with Crippen LogP contribution in [0.3, 0.4) is 0 Å². The number of furan rings is 1. The van der Waals surface area contributed by atoms with Crippen molar-refractivity contribution in [1.29, 1.82) is 0 Å². The minimum Gasteiger partial charge on any atom is -0.504 e. The highest BCUT2D eigenvalue weighted by Crippen LogP contribution is 2.34. The van der Waals surface area contributed by atoms with Crippen LogP contribution >= 0.6 is 11.6 Å². The van der Waals surface area contributed by atoms with Crippen molar-refractivity contribution >= 4 is 28.4 Å². The van der Waals surface area contributed by atoms with Crippen LogP contribution in [0.5, 0.6) is 5.75 Å². The SMILES string of the molecule is O=C(c1ccccc1)c1oc2cc(Cl)ccc2c1O. The van der Waals surface area contributed by atoms with E-state index >= 15 is 0 Å². The number of carbonyl (C=O) groups is 1. The summed E-state index contributed by atoms with van der Waals surface area (Å²) in [6.07, 6.45) is 0. The zero-order valence-electron chi connectivity index (χ0n) is 9.76. The number of aromatic hydroxyl groups is 1. The molecule has 0 aliphatic carbocycles. The molecule has 0 unspecified atom stereocenters. The first kappa shape index (κ1) is 11.8. The van der Waals surface area contributed by atoms with Crippen LogP contribution in [0.15, 0.2) is 52.9 Å². The average Bonchev–Trinajstić information content (AvgIpc) is 2.75. The van der Waals surface area contributed by atoms with E-state index in [9.17, 15) is 9.90 Å². The highest BCUT2D eigenvalue weighted by Gasteiger charge is 2.21. The summed E-state index contributed by atoms with van der Waals surface area (Å²) in [7, 11) is 0. The van der Waals surface area contributed by atoms with E-state index in [1.807, 2.05) is 6.07 Å². The number of hydrogen-bond donors (Lipinski definition) is 1. The Kier molecular flexibility index (Phi) is 2.76. The van der Waals surface area contributed by atoms with E-state index in [1.165, 1.54) is 0 Å². The molecule has 0 saturated carbocycles. The fraction of sp³-hybridized carbons (Fsp3) is 0. The van der Waals surface area contributed by atoms with Crippen molar-refractivity contribution < 1.29 is 14.3 Å². The minimum atomic E-state index is -0.356. The molecule has 19 heavy (non-hydrogen) atoms. The van der Waals surface area contributed by atoms with Gasteiger partial charge in [-0.3, -0.25) is 4.79 Å². The van der Waals surface area contributed by atoms with E-state index in [1.54, 1.807) is 42.5 Å². The van der Waals surface area contributed by atoms with Crippen molar-refractivity contribution in [2.75, 3.05) is 0 Å². The molecule has 1 heterocycles. The lowest BCUT2D eigenvalue weighted by molar-refractivity contribution is 0.101. The molecule has 0 radical (unpaired) electrons. The number of carbonyl (C=O) groups excluding carboxylic acids is 1. The van der Waals surface area contributed by atoms with E-state index in [0.29, 0.717) is 21.6 Å². The fourth-order valence-electron chi connectivity index (χ4n) is 1.93. The molecule has 4 heteroatoms. The van der Waals surface area contributed by atoms with Gasteiger partial charge in [0.05, 0.1) is 5.39 Å². The van der Waals surface area contributed by atoms with Crippen LogP contribution in [-0.2, 0) is 0 Å². The molecule has 1 N–H and O–H groups in total. The molecule has 3 aromatic rings. The third-order valence-corrected chi connectivity index (χ3v) is 3.10. The van der Waals surface area contributed by atoms with Gasteiger partial charge in [0.15, 0.2) is 5.75 Å². The Labute approximate surface area is 114 Å². The van der Waals surface area contributed by atoms with Crippen LogP contribution in [0, 0.1) is 0 Å². The van der Waals surface area contributed by atoms with E-state index in [-0.39, 0.29) is 17.3 Å². The average molecular weight is 273 g/mol. The molecule has 0 fully saturated rings. The van der Waals surface area contributed by atoms with Gasteiger partial charge < -0.3 is 9.52 Å². The van der Waals surface area contributed by atoms with Gasteiger partial charge in [-0.15, -0.1) is 0 Å². The fourth-order valence-corrected chi connectivity index (χ4v) is 2.09. The van der Waals surface area contributed by atoms with Crippen LogP contribution in [-0.4, -0.2) is 10.9 Å². The maximum absolute atomic E-state index is 12.2. The Balaban J connectivity index is 2.16. The summed E-state index contributed by atoms with van der Waals surface area (Å²) in [6.45, 7) is 0. The third kappa shape index (κ3) is 1.98. The molecule has 3 rings (SSSR count). The quantitative estimate of drug-likeness (QED) is 0.717. The van der Waals surface area contributed by atoms with Gasteiger partial charge in [0.1, 0.15) is 5.58 Å². The lowest BCUT2D eigenvalue weighted by atomic mass is 10.1. The molecule has 1 aromatic heterocycles. The molecule has 0 spiro atoms. The minimum absolute atomic E-state index is 0.0662. The molecule has 0 atom stereocenters. The van der Waals surface area contributed by atoms with Crippen molar-refractivity contribution in [3.8, 4) is 5.75 Å². The number of halogens is 1. The Bertz CT molecular complexity index is 760. The lowest BCUT2D eigenvalue weighted by Crippen LogP contribution is -1.99. The zero-order chi connectivity index (χ0) is 13.4. The van der Waals surface area contributed by atoms with Gasteiger partial charge in [-0.05, 0) is 12.1 Å².